The highest BCUT2D eigenvalue weighted by atomic mass is 16.4. The Kier molecular flexibility index (Phi) is 4.22. The number of carbonyl (C=O) groups is 1. The molecule has 0 amide bonds. The average molecular weight is 185 g/mol. The van der Waals surface area contributed by atoms with Gasteiger partial charge in [0.05, 0.1) is 0 Å². The van der Waals surface area contributed by atoms with Crippen molar-refractivity contribution in [2.24, 2.45) is 5.92 Å². The fourth-order valence-corrected chi connectivity index (χ4v) is 1.92. The zero-order chi connectivity index (χ0) is 9.68. The lowest BCUT2D eigenvalue weighted by Gasteiger charge is -2.20. The molecule has 1 rings (SSSR count). The first-order valence-electron chi connectivity index (χ1n) is 5.16. The van der Waals surface area contributed by atoms with Crippen molar-refractivity contribution in [2.45, 2.75) is 32.6 Å². The molecule has 0 radical (unpaired) electrons. The Bertz CT molecular complexity index is 164. The van der Waals surface area contributed by atoms with Crippen LogP contribution in [-0.4, -0.2) is 35.6 Å². The van der Waals surface area contributed by atoms with Crippen molar-refractivity contribution in [3.05, 3.63) is 0 Å². The van der Waals surface area contributed by atoms with E-state index >= 15 is 0 Å². The average Bonchev–Trinajstić information content (AvgIpc) is 2.55. The standard InChI is InChI=1S/C10H19NO2/c1-2-9(7-10(12)13)8-11-5-3-4-6-11/h9H,2-8H2,1H3,(H,12,13). The molecule has 13 heavy (non-hydrogen) atoms. The molecule has 1 atom stereocenters. The number of carboxylic acid groups (broad SMARTS) is 1. The molecule has 0 spiro atoms. The van der Waals surface area contributed by atoms with Gasteiger partial charge in [-0.1, -0.05) is 13.3 Å². The molecule has 3 nitrogen and oxygen atoms in total. The normalized spacial score (nSPS) is 20.4. The maximum Gasteiger partial charge on any atom is 0.303 e. The molecule has 0 aliphatic carbocycles. The molecule has 1 aliphatic heterocycles. The van der Waals surface area contributed by atoms with Crippen LogP contribution in [-0.2, 0) is 4.79 Å². The van der Waals surface area contributed by atoms with E-state index < -0.39 is 5.97 Å². The van der Waals surface area contributed by atoms with Crippen molar-refractivity contribution < 1.29 is 9.90 Å². The zero-order valence-electron chi connectivity index (χ0n) is 8.33. The summed E-state index contributed by atoms with van der Waals surface area (Å²) in [7, 11) is 0. The molecular formula is C10H19NO2. The summed E-state index contributed by atoms with van der Waals surface area (Å²) in [5.74, 6) is -0.318. The van der Waals surface area contributed by atoms with E-state index in [4.69, 9.17) is 5.11 Å². The largest absolute Gasteiger partial charge is 0.481 e. The molecule has 1 heterocycles. The van der Waals surface area contributed by atoms with Gasteiger partial charge in [0, 0.05) is 13.0 Å². The van der Waals surface area contributed by atoms with Crippen LogP contribution < -0.4 is 0 Å². The molecular weight excluding hydrogens is 166 g/mol. The summed E-state index contributed by atoms with van der Waals surface area (Å²) in [6.45, 7) is 5.37. The first-order chi connectivity index (χ1) is 6.22. The van der Waals surface area contributed by atoms with E-state index in [9.17, 15) is 4.79 Å². The van der Waals surface area contributed by atoms with E-state index in [1.165, 1.54) is 12.8 Å². The number of nitrogens with zero attached hydrogens (tertiary/aromatic N) is 1. The second kappa shape index (κ2) is 5.22. The fourth-order valence-electron chi connectivity index (χ4n) is 1.92. The third kappa shape index (κ3) is 3.77. The van der Waals surface area contributed by atoms with Crippen LogP contribution in [0.4, 0.5) is 0 Å². The monoisotopic (exact) mass is 185 g/mol. The molecule has 1 aliphatic rings. The van der Waals surface area contributed by atoms with Crippen LogP contribution in [0.1, 0.15) is 32.6 Å². The summed E-state index contributed by atoms with van der Waals surface area (Å²) in [5, 5.41) is 8.67. The molecule has 1 fully saturated rings. The highest BCUT2D eigenvalue weighted by Crippen LogP contribution is 2.15. The van der Waals surface area contributed by atoms with Crippen LogP contribution in [0.2, 0.25) is 0 Å². The minimum absolute atomic E-state index is 0.326. The Morgan fingerprint density at radius 1 is 1.46 bits per heavy atom. The van der Waals surface area contributed by atoms with Gasteiger partial charge in [-0.15, -0.1) is 0 Å². The van der Waals surface area contributed by atoms with E-state index in [0.29, 0.717) is 12.3 Å². The summed E-state index contributed by atoms with van der Waals surface area (Å²) in [6.07, 6.45) is 3.86. The number of hydrogen-bond donors (Lipinski definition) is 1. The molecule has 1 saturated heterocycles. The summed E-state index contributed by atoms with van der Waals surface area (Å²) < 4.78 is 0. The molecule has 0 bridgehead atoms. The van der Waals surface area contributed by atoms with Gasteiger partial charge in [-0.25, -0.2) is 0 Å². The molecule has 0 aromatic carbocycles. The Labute approximate surface area is 79.7 Å². The van der Waals surface area contributed by atoms with Crippen molar-refractivity contribution in [3.8, 4) is 0 Å². The van der Waals surface area contributed by atoms with Gasteiger partial charge in [-0.05, 0) is 31.8 Å². The SMILES string of the molecule is CCC(CC(=O)O)CN1CCCC1. The highest BCUT2D eigenvalue weighted by molar-refractivity contribution is 5.67. The van der Waals surface area contributed by atoms with Gasteiger partial charge in [0.15, 0.2) is 0 Å². The van der Waals surface area contributed by atoms with Gasteiger partial charge in [0.1, 0.15) is 0 Å². The van der Waals surface area contributed by atoms with Crippen molar-refractivity contribution >= 4 is 5.97 Å². The summed E-state index contributed by atoms with van der Waals surface area (Å²) >= 11 is 0. The maximum absolute atomic E-state index is 10.5. The summed E-state index contributed by atoms with van der Waals surface area (Å²) in [5.41, 5.74) is 0. The van der Waals surface area contributed by atoms with E-state index in [-0.39, 0.29) is 0 Å². The molecule has 0 aromatic rings. The lowest BCUT2D eigenvalue weighted by atomic mass is 10.0. The number of carboxylic acids is 1. The van der Waals surface area contributed by atoms with Crippen LogP contribution in [0.25, 0.3) is 0 Å². The van der Waals surface area contributed by atoms with E-state index in [1.807, 2.05) is 0 Å². The van der Waals surface area contributed by atoms with Gasteiger partial charge in [-0.2, -0.15) is 0 Å². The third-order valence-electron chi connectivity index (χ3n) is 2.76. The lowest BCUT2D eigenvalue weighted by molar-refractivity contribution is -0.138. The van der Waals surface area contributed by atoms with Crippen molar-refractivity contribution in [1.29, 1.82) is 0 Å². The van der Waals surface area contributed by atoms with Gasteiger partial charge < -0.3 is 10.0 Å². The number of aliphatic carboxylic acids is 1. The van der Waals surface area contributed by atoms with E-state index in [1.54, 1.807) is 0 Å². The van der Waals surface area contributed by atoms with Crippen molar-refractivity contribution in [1.82, 2.24) is 4.90 Å². The molecule has 1 unspecified atom stereocenters. The predicted molar refractivity (Wildman–Crippen MR) is 51.7 cm³/mol. The lowest BCUT2D eigenvalue weighted by Crippen LogP contribution is -2.27. The topological polar surface area (TPSA) is 40.5 Å². The Balaban J connectivity index is 2.25. The van der Waals surface area contributed by atoms with Crippen molar-refractivity contribution in [3.63, 3.8) is 0 Å². The molecule has 1 N–H and O–H groups in total. The third-order valence-corrected chi connectivity index (χ3v) is 2.76. The van der Waals surface area contributed by atoms with Gasteiger partial charge in [0.25, 0.3) is 0 Å². The number of hydrogen-bond acceptors (Lipinski definition) is 2. The first-order valence-corrected chi connectivity index (χ1v) is 5.16. The molecule has 0 aromatic heterocycles. The van der Waals surface area contributed by atoms with E-state index in [2.05, 4.69) is 11.8 Å². The summed E-state index contributed by atoms with van der Waals surface area (Å²) in [6, 6.07) is 0. The van der Waals surface area contributed by atoms with Crippen LogP contribution in [0, 0.1) is 5.92 Å². The molecule has 76 valence electrons. The minimum atomic E-state index is -0.661. The van der Waals surface area contributed by atoms with Crippen LogP contribution >= 0.6 is 0 Å². The predicted octanol–water partition coefficient (Wildman–Crippen LogP) is 1.58. The molecule has 3 heteroatoms. The quantitative estimate of drug-likeness (QED) is 0.707. The van der Waals surface area contributed by atoms with Crippen LogP contribution in [0.5, 0.6) is 0 Å². The number of rotatable bonds is 5. The van der Waals surface area contributed by atoms with Gasteiger partial charge >= 0.3 is 5.97 Å². The molecule has 0 saturated carbocycles. The Morgan fingerprint density at radius 2 is 2.08 bits per heavy atom. The van der Waals surface area contributed by atoms with Gasteiger partial charge in [-0.3, -0.25) is 4.79 Å². The van der Waals surface area contributed by atoms with E-state index in [0.717, 1.165) is 26.1 Å². The fraction of sp³-hybridized carbons (Fsp3) is 0.900. The second-order valence-corrected chi connectivity index (χ2v) is 3.88. The second-order valence-electron chi connectivity index (χ2n) is 3.88. The van der Waals surface area contributed by atoms with Crippen LogP contribution in [0.3, 0.4) is 0 Å². The number of likely N-dealkylation sites (tertiary alicyclic amines) is 1. The van der Waals surface area contributed by atoms with Gasteiger partial charge in [0.2, 0.25) is 0 Å². The minimum Gasteiger partial charge on any atom is -0.481 e. The first kappa shape index (κ1) is 10.5. The maximum atomic E-state index is 10.5. The Hall–Kier alpha value is -0.570. The zero-order valence-corrected chi connectivity index (χ0v) is 8.33. The van der Waals surface area contributed by atoms with Crippen molar-refractivity contribution in [2.75, 3.05) is 19.6 Å². The smallest absolute Gasteiger partial charge is 0.303 e. The van der Waals surface area contributed by atoms with Crippen LogP contribution in [0.15, 0.2) is 0 Å². The highest BCUT2D eigenvalue weighted by Gasteiger charge is 2.18. The summed E-state index contributed by atoms with van der Waals surface area (Å²) in [4.78, 5) is 12.9. The Morgan fingerprint density at radius 3 is 2.54 bits per heavy atom.